The Kier molecular flexibility index (Phi) is 4.83. The lowest BCUT2D eigenvalue weighted by atomic mass is 10.2. The van der Waals surface area contributed by atoms with Crippen LogP contribution in [-0.4, -0.2) is 15.0 Å². The van der Waals surface area contributed by atoms with Crippen LogP contribution in [0.4, 0.5) is 0 Å². The summed E-state index contributed by atoms with van der Waals surface area (Å²) in [5.74, 6) is -0.0407. The number of rotatable bonds is 4. The number of allylic oxidation sites excluding steroid dienone is 1. The molecule has 0 atom stereocenters. The van der Waals surface area contributed by atoms with Crippen LogP contribution in [0.5, 0.6) is 0 Å². The molecule has 4 rings (SSSR count). The molecular formula is C22H15ClN2O3. The molecule has 5 nitrogen and oxygen atoms in total. The van der Waals surface area contributed by atoms with Gasteiger partial charge in [0.05, 0.1) is 12.0 Å². The molecule has 0 radical (unpaired) electrons. The zero-order valence-corrected chi connectivity index (χ0v) is 15.4. The van der Waals surface area contributed by atoms with Gasteiger partial charge in [-0.2, -0.15) is 0 Å². The lowest BCUT2D eigenvalue weighted by Crippen LogP contribution is -2.27. The number of benzene rings is 2. The quantitative estimate of drug-likeness (QED) is 0.465. The van der Waals surface area contributed by atoms with Gasteiger partial charge in [0.2, 0.25) is 0 Å². The molecule has 2 aromatic carbocycles. The van der Waals surface area contributed by atoms with E-state index in [-0.39, 0.29) is 0 Å². The van der Waals surface area contributed by atoms with E-state index in [1.165, 1.54) is 16.9 Å². The topological polar surface area (TPSA) is 57.1 Å². The number of nitrogens with zero attached hydrogens (tertiary/aromatic N) is 2. The Labute approximate surface area is 165 Å². The molecule has 0 saturated heterocycles. The van der Waals surface area contributed by atoms with Crippen molar-refractivity contribution in [1.82, 2.24) is 9.13 Å². The molecule has 0 fully saturated rings. The Hall–Kier alpha value is -3.57. The highest BCUT2D eigenvalue weighted by atomic mass is 35.5. The van der Waals surface area contributed by atoms with Gasteiger partial charge in [-0.25, -0.2) is 9.36 Å². The van der Waals surface area contributed by atoms with Crippen molar-refractivity contribution >= 4 is 23.6 Å². The number of carbonyl (C=O) groups excluding carboxylic acids is 1. The smallest absolute Gasteiger partial charge is 0.340 e. The summed E-state index contributed by atoms with van der Waals surface area (Å²) in [6.07, 6.45) is 6.09. The van der Waals surface area contributed by atoms with Crippen LogP contribution in [0.2, 0.25) is 5.02 Å². The molecule has 2 aromatic heterocycles. The van der Waals surface area contributed by atoms with Crippen molar-refractivity contribution in [3.05, 3.63) is 106 Å². The fourth-order valence-corrected chi connectivity index (χ4v) is 2.97. The number of aromatic nitrogens is 2. The summed E-state index contributed by atoms with van der Waals surface area (Å²) in [6.45, 7) is 0. The van der Waals surface area contributed by atoms with E-state index in [0.717, 1.165) is 10.1 Å². The number of halogens is 1. The first-order valence-corrected chi connectivity index (χ1v) is 8.93. The van der Waals surface area contributed by atoms with Gasteiger partial charge in [-0.05, 0) is 48.0 Å². The van der Waals surface area contributed by atoms with Crippen LogP contribution in [0, 0.1) is 0 Å². The highest BCUT2D eigenvalue weighted by Gasteiger charge is 2.19. The van der Waals surface area contributed by atoms with E-state index in [0.29, 0.717) is 22.2 Å². The third kappa shape index (κ3) is 3.48. The molecule has 0 amide bonds. The molecule has 0 spiro atoms. The minimum atomic E-state index is -0.471. The monoisotopic (exact) mass is 390 g/mol. The minimum Gasteiger partial charge on any atom is -0.463 e. The van der Waals surface area contributed by atoms with E-state index < -0.39 is 11.6 Å². The SMILES string of the molecule is O=C(/C=C/c1ccc(Cl)cc1)n1c(-c2ccco2)cn(-c2ccccc2)c1=O. The number of imidazole rings is 1. The lowest BCUT2D eigenvalue weighted by Gasteiger charge is -2.01. The van der Waals surface area contributed by atoms with Crippen molar-refractivity contribution in [1.29, 1.82) is 0 Å². The van der Waals surface area contributed by atoms with Crippen molar-refractivity contribution in [3.8, 4) is 17.1 Å². The summed E-state index contributed by atoms with van der Waals surface area (Å²) >= 11 is 5.88. The zero-order chi connectivity index (χ0) is 19.5. The van der Waals surface area contributed by atoms with Gasteiger partial charge in [0.15, 0.2) is 5.76 Å². The maximum absolute atomic E-state index is 13.0. The number of hydrogen-bond acceptors (Lipinski definition) is 3. The van der Waals surface area contributed by atoms with E-state index >= 15 is 0 Å². The molecule has 0 unspecified atom stereocenters. The van der Waals surface area contributed by atoms with Gasteiger partial charge >= 0.3 is 5.69 Å². The molecule has 0 aliphatic heterocycles. The van der Waals surface area contributed by atoms with Crippen LogP contribution in [0.1, 0.15) is 10.4 Å². The van der Waals surface area contributed by atoms with Crippen molar-refractivity contribution in [2.75, 3.05) is 0 Å². The molecular weight excluding hydrogens is 376 g/mol. The highest BCUT2D eigenvalue weighted by Crippen LogP contribution is 2.21. The van der Waals surface area contributed by atoms with Crippen molar-refractivity contribution < 1.29 is 9.21 Å². The van der Waals surface area contributed by atoms with E-state index in [9.17, 15) is 9.59 Å². The van der Waals surface area contributed by atoms with E-state index in [4.69, 9.17) is 16.0 Å². The van der Waals surface area contributed by atoms with E-state index in [2.05, 4.69) is 0 Å². The zero-order valence-electron chi connectivity index (χ0n) is 14.7. The molecule has 6 heteroatoms. The number of carbonyl (C=O) groups is 1. The first-order valence-electron chi connectivity index (χ1n) is 8.55. The first-order chi connectivity index (χ1) is 13.6. The molecule has 138 valence electrons. The van der Waals surface area contributed by atoms with Gasteiger partial charge in [-0.3, -0.25) is 9.36 Å². The van der Waals surface area contributed by atoms with Gasteiger partial charge in [0.1, 0.15) is 5.69 Å². The summed E-state index contributed by atoms with van der Waals surface area (Å²) in [5, 5.41) is 0.611. The third-order valence-electron chi connectivity index (χ3n) is 4.21. The maximum Gasteiger partial charge on any atom is 0.340 e. The molecule has 0 saturated carbocycles. The summed E-state index contributed by atoms with van der Waals surface area (Å²) in [7, 11) is 0. The molecule has 4 aromatic rings. The molecule has 0 N–H and O–H groups in total. The fourth-order valence-electron chi connectivity index (χ4n) is 2.85. The van der Waals surface area contributed by atoms with Crippen molar-refractivity contribution in [2.24, 2.45) is 0 Å². The second-order valence-corrected chi connectivity index (χ2v) is 6.47. The Balaban J connectivity index is 1.78. The molecule has 0 aliphatic carbocycles. The van der Waals surface area contributed by atoms with Crippen molar-refractivity contribution in [3.63, 3.8) is 0 Å². The Morgan fingerprint density at radius 3 is 2.39 bits per heavy atom. The largest absolute Gasteiger partial charge is 0.463 e. The highest BCUT2D eigenvalue weighted by molar-refractivity contribution is 6.30. The summed E-state index contributed by atoms with van der Waals surface area (Å²) < 4.78 is 7.94. The minimum absolute atomic E-state index is 0.379. The predicted molar refractivity (Wildman–Crippen MR) is 109 cm³/mol. The van der Waals surface area contributed by atoms with Gasteiger partial charge < -0.3 is 4.42 Å². The summed E-state index contributed by atoms with van der Waals surface area (Å²) in [6, 6.07) is 19.6. The number of hydrogen-bond donors (Lipinski definition) is 0. The number of para-hydroxylation sites is 1. The Bertz CT molecular complexity index is 1190. The van der Waals surface area contributed by atoms with Gasteiger partial charge in [-0.15, -0.1) is 0 Å². The lowest BCUT2D eigenvalue weighted by molar-refractivity contribution is 0.0967. The molecule has 28 heavy (non-hydrogen) atoms. The Morgan fingerprint density at radius 2 is 1.71 bits per heavy atom. The third-order valence-corrected chi connectivity index (χ3v) is 4.46. The second kappa shape index (κ2) is 7.58. The van der Waals surface area contributed by atoms with Crippen LogP contribution in [0.3, 0.4) is 0 Å². The molecule has 0 bridgehead atoms. The molecule has 0 aliphatic rings. The number of furan rings is 1. The Morgan fingerprint density at radius 1 is 0.964 bits per heavy atom. The standard InChI is InChI=1S/C22H15ClN2O3/c23-17-11-8-16(9-12-17)10-13-21(26)25-19(20-7-4-14-28-20)15-24(22(25)27)18-5-2-1-3-6-18/h1-15H/b13-10+. The van der Waals surface area contributed by atoms with E-state index in [1.54, 1.807) is 60.8 Å². The van der Waals surface area contributed by atoms with E-state index in [1.807, 2.05) is 18.2 Å². The van der Waals surface area contributed by atoms with Crippen molar-refractivity contribution in [2.45, 2.75) is 0 Å². The fraction of sp³-hybridized carbons (Fsp3) is 0. The molecule has 2 heterocycles. The van der Waals surface area contributed by atoms with Crippen LogP contribution in [0.15, 0.2) is 94.5 Å². The van der Waals surface area contributed by atoms with Gasteiger partial charge in [0, 0.05) is 17.3 Å². The first kappa shape index (κ1) is 17.8. The van der Waals surface area contributed by atoms with Gasteiger partial charge in [-0.1, -0.05) is 41.9 Å². The summed E-state index contributed by atoms with van der Waals surface area (Å²) in [5.41, 5.74) is 1.37. The normalized spacial score (nSPS) is 11.2. The van der Waals surface area contributed by atoms with Gasteiger partial charge in [0.25, 0.3) is 5.91 Å². The van der Waals surface area contributed by atoms with Crippen LogP contribution in [0.25, 0.3) is 23.2 Å². The summed E-state index contributed by atoms with van der Waals surface area (Å²) in [4.78, 5) is 25.9. The van der Waals surface area contributed by atoms with Crippen LogP contribution >= 0.6 is 11.6 Å². The van der Waals surface area contributed by atoms with Crippen LogP contribution in [-0.2, 0) is 0 Å². The van der Waals surface area contributed by atoms with Crippen LogP contribution < -0.4 is 5.69 Å². The maximum atomic E-state index is 13.0. The average molecular weight is 391 g/mol. The second-order valence-electron chi connectivity index (χ2n) is 6.04. The average Bonchev–Trinajstić information content (AvgIpc) is 3.36. The predicted octanol–water partition coefficient (Wildman–Crippen LogP) is 4.91.